The van der Waals surface area contributed by atoms with Gasteiger partial charge in [0, 0.05) is 17.0 Å². The number of hydrogen-bond donors (Lipinski definition) is 1. The van der Waals surface area contributed by atoms with E-state index in [1.807, 2.05) is 49.4 Å². The zero-order chi connectivity index (χ0) is 18.8. The van der Waals surface area contributed by atoms with Crippen molar-refractivity contribution in [2.24, 2.45) is 5.41 Å². The molecule has 0 spiro atoms. The van der Waals surface area contributed by atoms with E-state index in [0.29, 0.717) is 13.2 Å². The van der Waals surface area contributed by atoms with E-state index >= 15 is 0 Å². The minimum atomic E-state index is -3.33. The van der Waals surface area contributed by atoms with Crippen LogP contribution in [0.1, 0.15) is 49.3 Å². The predicted molar refractivity (Wildman–Crippen MR) is 105 cm³/mol. The van der Waals surface area contributed by atoms with Gasteiger partial charge in [-0.15, -0.1) is 0 Å². The van der Waals surface area contributed by atoms with Gasteiger partial charge in [-0.2, -0.15) is 0 Å². The first-order valence-electron chi connectivity index (χ1n) is 9.05. The van der Waals surface area contributed by atoms with Crippen molar-refractivity contribution in [3.63, 3.8) is 0 Å². The molecular formula is C21H28NO3P. The fraction of sp³-hybridized carbons (Fsp3) is 0.429. The third-order valence-electron chi connectivity index (χ3n) is 4.69. The summed E-state index contributed by atoms with van der Waals surface area (Å²) in [6.07, 6.45) is 0. The maximum absolute atomic E-state index is 13.6. The van der Waals surface area contributed by atoms with Crippen LogP contribution in [0.5, 0.6) is 0 Å². The summed E-state index contributed by atoms with van der Waals surface area (Å²) in [5.74, 6) is -0.505. The molecule has 2 aromatic rings. The normalized spacial score (nSPS) is 21.1. The molecule has 1 heterocycles. The van der Waals surface area contributed by atoms with Crippen LogP contribution in [-0.2, 0) is 9.05 Å². The monoisotopic (exact) mass is 373 g/mol. The van der Waals surface area contributed by atoms with Gasteiger partial charge in [-0.25, -0.2) is 9.05 Å². The average Bonchev–Trinajstić information content (AvgIpc) is 2.64. The van der Waals surface area contributed by atoms with E-state index in [9.17, 15) is 4.89 Å². The molecule has 5 heteroatoms. The quantitative estimate of drug-likeness (QED) is 0.782. The standard InChI is InChI=1S/C21H28NO3P/c1-16-10-12-19(13-11-16)20(22-17(2)18-8-6-5-7-9-18)26(23)24-14-21(3,4)15-25-26/h5-13,17,20,22H,14-15H2,1-4H3. The Labute approximate surface area is 157 Å². The van der Waals surface area contributed by atoms with Crippen molar-refractivity contribution in [3.8, 4) is 0 Å². The first-order valence-corrected chi connectivity index (χ1v) is 10.7. The molecule has 4 nitrogen and oxygen atoms in total. The van der Waals surface area contributed by atoms with Crippen LogP contribution in [0.3, 0.4) is 0 Å². The largest absolute Gasteiger partial charge is 0.630 e. The lowest BCUT2D eigenvalue weighted by atomic mass is 9.97. The Bertz CT molecular complexity index is 708. The van der Waals surface area contributed by atoms with E-state index in [1.54, 1.807) is 0 Å². The summed E-state index contributed by atoms with van der Waals surface area (Å²) >= 11 is 0. The van der Waals surface area contributed by atoms with Gasteiger partial charge in [0.15, 0.2) is 5.78 Å². The van der Waals surface area contributed by atoms with Gasteiger partial charge < -0.3 is 4.89 Å². The van der Waals surface area contributed by atoms with Gasteiger partial charge in [-0.1, -0.05) is 74.0 Å². The van der Waals surface area contributed by atoms with Crippen molar-refractivity contribution >= 4 is 7.94 Å². The molecule has 1 N–H and O–H groups in total. The molecule has 0 aliphatic carbocycles. The fourth-order valence-electron chi connectivity index (χ4n) is 2.95. The van der Waals surface area contributed by atoms with Gasteiger partial charge in [-0.05, 0) is 19.4 Å². The summed E-state index contributed by atoms with van der Waals surface area (Å²) in [5, 5.41) is 3.49. The lowest BCUT2D eigenvalue weighted by Crippen LogP contribution is -2.41. The van der Waals surface area contributed by atoms with E-state index in [0.717, 1.165) is 16.7 Å². The molecule has 26 heavy (non-hydrogen) atoms. The maximum atomic E-state index is 13.6. The highest BCUT2D eigenvalue weighted by Gasteiger charge is 2.48. The minimum Gasteiger partial charge on any atom is -0.630 e. The molecule has 2 atom stereocenters. The van der Waals surface area contributed by atoms with Gasteiger partial charge in [0.05, 0.1) is 0 Å². The third kappa shape index (κ3) is 4.51. The van der Waals surface area contributed by atoms with Crippen molar-refractivity contribution in [3.05, 3.63) is 71.3 Å². The molecule has 140 valence electrons. The Morgan fingerprint density at radius 1 is 0.962 bits per heavy atom. The first-order chi connectivity index (χ1) is 12.3. The fourth-order valence-corrected chi connectivity index (χ4v) is 5.33. The highest BCUT2D eigenvalue weighted by Crippen LogP contribution is 2.66. The Kier molecular flexibility index (Phi) is 5.81. The van der Waals surface area contributed by atoms with Crippen LogP contribution in [0.4, 0.5) is 0 Å². The first kappa shape index (κ1) is 19.5. The zero-order valence-corrected chi connectivity index (χ0v) is 16.8. The molecule has 0 amide bonds. The molecule has 2 unspecified atom stereocenters. The topological polar surface area (TPSA) is 53.5 Å². The molecule has 3 rings (SSSR count). The lowest BCUT2D eigenvalue weighted by Gasteiger charge is -2.42. The van der Waals surface area contributed by atoms with Crippen molar-refractivity contribution in [1.29, 1.82) is 0 Å². The lowest BCUT2D eigenvalue weighted by molar-refractivity contribution is -0.237. The van der Waals surface area contributed by atoms with Crippen LogP contribution in [0.25, 0.3) is 0 Å². The summed E-state index contributed by atoms with van der Waals surface area (Å²) in [5.41, 5.74) is 3.08. The smallest absolute Gasteiger partial charge is 0.259 e. The minimum absolute atomic E-state index is 0.00969. The molecule has 0 aromatic heterocycles. The highest BCUT2D eigenvalue weighted by molar-refractivity contribution is 7.59. The van der Waals surface area contributed by atoms with Crippen molar-refractivity contribution in [2.45, 2.75) is 39.5 Å². The summed E-state index contributed by atoms with van der Waals surface area (Å²) in [7, 11) is -3.33. The second-order valence-corrected chi connectivity index (χ2v) is 9.98. The Balaban J connectivity index is 1.88. The average molecular weight is 373 g/mol. The van der Waals surface area contributed by atoms with Crippen LogP contribution in [-0.4, -0.2) is 13.2 Å². The number of benzene rings is 2. The second-order valence-electron chi connectivity index (χ2n) is 7.86. The molecular weight excluding hydrogens is 345 g/mol. The predicted octanol–water partition coefficient (Wildman–Crippen LogP) is 4.54. The van der Waals surface area contributed by atoms with Gasteiger partial charge in [0.2, 0.25) is 0 Å². The maximum Gasteiger partial charge on any atom is 0.259 e. The molecule has 1 aliphatic heterocycles. The molecule has 0 bridgehead atoms. The van der Waals surface area contributed by atoms with E-state index in [-0.39, 0.29) is 11.5 Å². The van der Waals surface area contributed by atoms with Crippen LogP contribution in [0.2, 0.25) is 0 Å². The van der Waals surface area contributed by atoms with Crippen molar-refractivity contribution in [2.75, 3.05) is 13.2 Å². The van der Waals surface area contributed by atoms with Gasteiger partial charge in [0.25, 0.3) is 7.94 Å². The second kappa shape index (κ2) is 7.75. The van der Waals surface area contributed by atoms with Gasteiger partial charge in [0.1, 0.15) is 13.2 Å². The Morgan fingerprint density at radius 3 is 2.12 bits per heavy atom. The summed E-state index contributed by atoms with van der Waals surface area (Å²) in [4.78, 5) is 13.6. The van der Waals surface area contributed by atoms with E-state index in [4.69, 9.17) is 9.05 Å². The Hall–Kier alpha value is -1.29. The number of rotatable bonds is 5. The number of nitrogens with one attached hydrogen (secondary N) is 1. The highest BCUT2D eigenvalue weighted by atomic mass is 31.2. The SMILES string of the molecule is Cc1ccc(C(NC(C)c2ccccc2)[P+]2([O-])OCC(C)(C)CO2)cc1. The number of aryl methyl sites for hydroxylation is 1. The van der Waals surface area contributed by atoms with E-state index in [2.05, 4.69) is 38.2 Å². The summed E-state index contributed by atoms with van der Waals surface area (Å²) in [6.45, 7) is 9.06. The molecule has 1 aliphatic rings. The van der Waals surface area contributed by atoms with Gasteiger partial charge >= 0.3 is 0 Å². The van der Waals surface area contributed by atoms with E-state index < -0.39 is 13.7 Å². The Morgan fingerprint density at radius 2 is 1.54 bits per heavy atom. The molecule has 0 radical (unpaired) electrons. The van der Waals surface area contributed by atoms with Crippen LogP contribution in [0.15, 0.2) is 54.6 Å². The molecule has 1 fully saturated rings. The molecule has 0 saturated carbocycles. The van der Waals surface area contributed by atoms with Crippen LogP contribution < -0.4 is 10.2 Å². The molecule has 1 saturated heterocycles. The summed E-state index contributed by atoms with van der Waals surface area (Å²) < 4.78 is 11.7. The van der Waals surface area contributed by atoms with Crippen molar-refractivity contribution < 1.29 is 13.9 Å². The van der Waals surface area contributed by atoms with Gasteiger partial charge in [-0.3, -0.25) is 5.32 Å². The number of hydrogen-bond acceptors (Lipinski definition) is 4. The van der Waals surface area contributed by atoms with E-state index in [1.165, 1.54) is 0 Å². The van der Waals surface area contributed by atoms with Crippen LogP contribution in [0, 0.1) is 12.3 Å². The van der Waals surface area contributed by atoms with Crippen LogP contribution >= 0.6 is 7.94 Å². The zero-order valence-electron chi connectivity index (χ0n) is 15.9. The molecule has 2 aromatic carbocycles. The third-order valence-corrected chi connectivity index (χ3v) is 6.74. The summed E-state index contributed by atoms with van der Waals surface area (Å²) in [6, 6.07) is 18.2. The van der Waals surface area contributed by atoms with Crippen molar-refractivity contribution in [1.82, 2.24) is 5.32 Å².